The molecule has 1 heterocycles. The number of nitrogens with zero attached hydrogens (tertiary/aromatic N) is 1. The van der Waals surface area contributed by atoms with Crippen molar-refractivity contribution in [2.24, 2.45) is 10.9 Å². The van der Waals surface area contributed by atoms with Crippen molar-refractivity contribution in [1.82, 2.24) is 10.8 Å². The van der Waals surface area contributed by atoms with E-state index in [0.717, 1.165) is 19.0 Å². The van der Waals surface area contributed by atoms with Crippen LogP contribution in [-0.4, -0.2) is 25.7 Å². The summed E-state index contributed by atoms with van der Waals surface area (Å²) < 4.78 is 0. The van der Waals surface area contributed by atoms with E-state index in [2.05, 4.69) is 29.6 Å². The van der Waals surface area contributed by atoms with E-state index in [1.54, 1.807) is 0 Å². The van der Waals surface area contributed by atoms with E-state index in [1.807, 2.05) is 0 Å². The highest BCUT2D eigenvalue weighted by Gasteiger charge is 2.03. The quantitative estimate of drug-likeness (QED) is 0.572. The first kappa shape index (κ1) is 8.33. The molecule has 11 heavy (non-hydrogen) atoms. The van der Waals surface area contributed by atoms with E-state index in [1.165, 1.54) is 0 Å². The summed E-state index contributed by atoms with van der Waals surface area (Å²) in [5.74, 6) is 1.30. The Kier molecular flexibility index (Phi) is 3.16. The third-order valence-corrected chi connectivity index (χ3v) is 1.26. The number of guanidine groups is 1. The van der Waals surface area contributed by atoms with Crippen LogP contribution in [0.4, 0.5) is 0 Å². The Labute approximate surface area is 67.0 Å². The van der Waals surface area contributed by atoms with Crippen LogP contribution in [0.2, 0.25) is 0 Å². The van der Waals surface area contributed by atoms with Gasteiger partial charge in [-0.25, -0.2) is 10.5 Å². The molecule has 0 saturated carbocycles. The number of hydrogen-bond acceptors (Lipinski definition) is 4. The molecule has 0 spiro atoms. The van der Waals surface area contributed by atoms with Gasteiger partial charge in [-0.2, -0.15) is 0 Å². The number of nitrogens with one attached hydrogen (secondary N) is 2. The van der Waals surface area contributed by atoms with Crippen LogP contribution in [0.5, 0.6) is 0 Å². The van der Waals surface area contributed by atoms with Gasteiger partial charge in [0.25, 0.3) is 0 Å². The van der Waals surface area contributed by atoms with E-state index in [-0.39, 0.29) is 0 Å². The zero-order valence-electron chi connectivity index (χ0n) is 7.05. The summed E-state index contributed by atoms with van der Waals surface area (Å²) >= 11 is 0. The van der Waals surface area contributed by atoms with Gasteiger partial charge in [-0.05, 0) is 5.92 Å². The Morgan fingerprint density at radius 1 is 1.73 bits per heavy atom. The van der Waals surface area contributed by atoms with Gasteiger partial charge in [0.2, 0.25) is 5.96 Å². The molecule has 64 valence electrons. The largest absolute Gasteiger partial charge is 0.353 e. The Hall–Kier alpha value is -0.770. The van der Waals surface area contributed by atoms with Gasteiger partial charge in [-0.15, -0.1) is 0 Å². The van der Waals surface area contributed by atoms with E-state index in [0.29, 0.717) is 12.5 Å². The number of aliphatic imine (C=N–C) groups is 1. The maximum absolute atomic E-state index is 5.14. The normalized spacial score (nSPS) is 16.5. The molecule has 1 aliphatic rings. The lowest BCUT2D eigenvalue weighted by molar-refractivity contribution is 0.0624. The highest BCUT2D eigenvalue weighted by molar-refractivity contribution is 5.80. The standard InChI is InChI=1S/C7H15N3O/c1-6(2)5-11-10-7-8-3-4-9-7/h6H,3-5H2,1-2H3,(H2,8,9,10). The first-order valence-electron chi connectivity index (χ1n) is 3.95. The predicted octanol–water partition coefficient (Wildman–Crippen LogP) is 0.123. The molecule has 0 aromatic heterocycles. The molecule has 0 amide bonds. The molecular formula is C7H15N3O. The molecule has 0 atom stereocenters. The van der Waals surface area contributed by atoms with E-state index in [9.17, 15) is 0 Å². The van der Waals surface area contributed by atoms with Gasteiger partial charge in [0.1, 0.15) is 0 Å². The Morgan fingerprint density at radius 3 is 3.09 bits per heavy atom. The van der Waals surface area contributed by atoms with Crippen LogP contribution in [0.3, 0.4) is 0 Å². The van der Waals surface area contributed by atoms with E-state index in [4.69, 9.17) is 4.84 Å². The summed E-state index contributed by atoms with van der Waals surface area (Å²) in [7, 11) is 0. The smallest absolute Gasteiger partial charge is 0.215 e. The third-order valence-electron chi connectivity index (χ3n) is 1.26. The number of hydrogen-bond donors (Lipinski definition) is 2. The van der Waals surface area contributed by atoms with E-state index < -0.39 is 0 Å². The van der Waals surface area contributed by atoms with Crippen molar-refractivity contribution in [3.05, 3.63) is 0 Å². The minimum atomic E-state index is 0.546. The molecule has 1 aliphatic heterocycles. The summed E-state index contributed by atoms with van der Waals surface area (Å²) in [6.07, 6.45) is 0. The Morgan fingerprint density at radius 2 is 2.55 bits per heavy atom. The molecule has 0 aromatic rings. The highest BCUT2D eigenvalue weighted by atomic mass is 16.6. The fourth-order valence-electron chi connectivity index (χ4n) is 0.743. The molecule has 0 unspecified atom stereocenters. The fraction of sp³-hybridized carbons (Fsp3) is 0.857. The predicted molar refractivity (Wildman–Crippen MR) is 44.2 cm³/mol. The van der Waals surface area contributed by atoms with Crippen LogP contribution in [0.25, 0.3) is 0 Å². The van der Waals surface area contributed by atoms with Crippen molar-refractivity contribution in [3.63, 3.8) is 0 Å². The SMILES string of the molecule is CC(C)CONC1=NCCN1. The van der Waals surface area contributed by atoms with Crippen LogP contribution in [0.1, 0.15) is 13.8 Å². The molecular weight excluding hydrogens is 142 g/mol. The average molecular weight is 157 g/mol. The monoisotopic (exact) mass is 157 g/mol. The van der Waals surface area contributed by atoms with Crippen LogP contribution in [0.15, 0.2) is 4.99 Å². The molecule has 0 aliphatic carbocycles. The van der Waals surface area contributed by atoms with Gasteiger partial charge in [0.15, 0.2) is 0 Å². The van der Waals surface area contributed by atoms with Crippen molar-refractivity contribution < 1.29 is 4.84 Å². The lowest BCUT2D eigenvalue weighted by atomic mass is 10.2. The lowest BCUT2D eigenvalue weighted by Gasteiger charge is -2.08. The first-order valence-corrected chi connectivity index (χ1v) is 3.95. The van der Waals surface area contributed by atoms with Crippen LogP contribution < -0.4 is 10.8 Å². The van der Waals surface area contributed by atoms with Crippen molar-refractivity contribution in [1.29, 1.82) is 0 Å². The van der Waals surface area contributed by atoms with Gasteiger partial charge < -0.3 is 5.32 Å². The van der Waals surface area contributed by atoms with Gasteiger partial charge in [-0.1, -0.05) is 13.8 Å². The van der Waals surface area contributed by atoms with Gasteiger partial charge in [0.05, 0.1) is 13.2 Å². The zero-order valence-corrected chi connectivity index (χ0v) is 7.05. The number of hydroxylamine groups is 1. The fourth-order valence-corrected chi connectivity index (χ4v) is 0.743. The topological polar surface area (TPSA) is 45.6 Å². The first-order chi connectivity index (χ1) is 5.29. The maximum Gasteiger partial charge on any atom is 0.215 e. The third kappa shape index (κ3) is 3.23. The van der Waals surface area contributed by atoms with Crippen molar-refractivity contribution in [2.45, 2.75) is 13.8 Å². The molecule has 0 bridgehead atoms. The summed E-state index contributed by atoms with van der Waals surface area (Å²) in [5.41, 5.74) is 2.75. The van der Waals surface area contributed by atoms with Crippen LogP contribution >= 0.6 is 0 Å². The second-order valence-corrected chi connectivity index (χ2v) is 2.96. The summed E-state index contributed by atoms with van der Waals surface area (Å²) in [6, 6.07) is 0. The summed E-state index contributed by atoms with van der Waals surface area (Å²) in [4.78, 5) is 9.24. The van der Waals surface area contributed by atoms with Crippen molar-refractivity contribution >= 4 is 5.96 Å². The van der Waals surface area contributed by atoms with Crippen molar-refractivity contribution in [3.8, 4) is 0 Å². The molecule has 0 aromatic carbocycles. The molecule has 4 heteroatoms. The average Bonchev–Trinajstić information content (AvgIpc) is 2.39. The zero-order chi connectivity index (χ0) is 8.10. The second kappa shape index (κ2) is 4.18. The minimum absolute atomic E-state index is 0.546. The second-order valence-electron chi connectivity index (χ2n) is 2.96. The Balaban J connectivity index is 2.03. The van der Waals surface area contributed by atoms with Crippen molar-refractivity contribution in [2.75, 3.05) is 19.7 Å². The van der Waals surface area contributed by atoms with Crippen LogP contribution in [0, 0.1) is 5.92 Å². The van der Waals surface area contributed by atoms with Gasteiger partial charge in [-0.3, -0.25) is 4.84 Å². The molecule has 4 nitrogen and oxygen atoms in total. The summed E-state index contributed by atoms with van der Waals surface area (Å²) in [5, 5.41) is 3.04. The van der Waals surface area contributed by atoms with Gasteiger partial charge in [0, 0.05) is 6.54 Å². The molecule has 0 fully saturated rings. The van der Waals surface area contributed by atoms with E-state index >= 15 is 0 Å². The van der Waals surface area contributed by atoms with Gasteiger partial charge >= 0.3 is 0 Å². The highest BCUT2D eigenvalue weighted by Crippen LogP contribution is 1.90. The lowest BCUT2D eigenvalue weighted by Crippen LogP contribution is -2.34. The Bertz CT molecular complexity index is 145. The van der Waals surface area contributed by atoms with Crippen LogP contribution in [-0.2, 0) is 4.84 Å². The summed E-state index contributed by atoms with van der Waals surface area (Å²) in [6.45, 7) is 6.67. The molecule has 0 saturated heterocycles. The molecule has 2 N–H and O–H groups in total. The molecule has 1 rings (SSSR count). The minimum Gasteiger partial charge on any atom is -0.353 e. The maximum atomic E-state index is 5.14. The molecule has 0 radical (unpaired) electrons. The number of rotatable bonds is 3.